The number of nitrogens with one attached hydrogen (secondary N) is 1. The average molecular weight is 341 g/mol. The summed E-state index contributed by atoms with van der Waals surface area (Å²) in [6, 6.07) is 5.73. The average Bonchev–Trinajstić information content (AvgIpc) is 2.81. The Morgan fingerprint density at radius 2 is 2.04 bits per heavy atom. The lowest BCUT2D eigenvalue weighted by molar-refractivity contribution is 0.0939. The van der Waals surface area contributed by atoms with Gasteiger partial charge in [-0.15, -0.1) is 0 Å². The van der Waals surface area contributed by atoms with E-state index in [2.05, 4.69) is 10.4 Å². The fourth-order valence-electron chi connectivity index (χ4n) is 3.21. The maximum Gasteiger partial charge on any atom is 0.255 e. The molecule has 1 fully saturated rings. The fourth-order valence-corrected chi connectivity index (χ4v) is 3.21. The zero-order valence-corrected chi connectivity index (χ0v) is 14.5. The molecule has 0 unspecified atom stereocenters. The van der Waals surface area contributed by atoms with Gasteiger partial charge in [-0.1, -0.05) is 6.42 Å². The van der Waals surface area contributed by atoms with Crippen molar-refractivity contribution in [1.29, 1.82) is 0 Å². The van der Waals surface area contributed by atoms with E-state index in [1.165, 1.54) is 19.3 Å². The van der Waals surface area contributed by atoms with Gasteiger partial charge in [-0.2, -0.15) is 5.10 Å². The number of fused-ring (bicyclic) bond motifs is 1. The summed E-state index contributed by atoms with van der Waals surface area (Å²) >= 11 is 0. The van der Waals surface area contributed by atoms with E-state index in [-0.39, 0.29) is 5.91 Å². The Bertz CT molecular complexity index is 780. The highest BCUT2D eigenvalue weighted by Gasteiger charge is 2.22. The van der Waals surface area contributed by atoms with Crippen molar-refractivity contribution in [2.75, 3.05) is 19.8 Å². The Morgan fingerprint density at radius 3 is 2.80 bits per heavy atom. The van der Waals surface area contributed by atoms with Crippen molar-refractivity contribution in [3.8, 4) is 22.8 Å². The molecule has 1 N–H and O–H groups in total. The third kappa shape index (κ3) is 3.34. The monoisotopic (exact) mass is 341 g/mol. The van der Waals surface area contributed by atoms with Crippen LogP contribution in [0.2, 0.25) is 0 Å². The van der Waals surface area contributed by atoms with Crippen molar-refractivity contribution < 1.29 is 14.3 Å². The summed E-state index contributed by atoms with van der Waals surface area (Å²) < 4.78 is 13.1. The van der Waals surface area contributed by atoms with E-state index in [0.29, 0.717) is 36.1 Å². The van der Waals surface area contributed by atoms with E-state index < -0.39 is 0 Å². The number of aryl methyl sites for hydroxylation is 1. The minimum Gasteiger partial charge on any atom is -0.490 e. The lowest BCUT2D eigenvalue weighted by Gasteiger charge is -2.25. The number of benzene rings is 1. The van der Waals surface area contributed by atoms with Gasteiger partial charge < -0.3 is 14.8 Å². The van der Waals surface area contributed by atoms with Crippen molar-refractivity contribution in [3.05, 3.63) is 30.0 Å². The molecule has 1 aliphatic heterocycles. The largest absolute Gasteiger partial charge is 0.490 e. The number of hydrogen-bond acceptors (Lipinski definition) is 4. The number of carbonyl (C=O) groups is 1. The van der Waals surface area contributed by atoms with Crippen molar-refractivity contribution in [3.63, 3.8) is 0 Å². The van der Waals surface area contributed by atoms with Crippen LogP contribution in [0, 0.1) is 5.92 Å². The number of nitrogens with zero attached hydrogens (tertiary/aromatic N) is 2. The van der Waals surface area contributed by atoms with Gasteiger partial charge in [-0.3, -0.25) is 9.48 Å². The quantitative estimate of drug-likeness (QED) is 0.929. The highest BCUT2D eigenvalue weighted by atomic mass is 16.5. The maximum absolute atomic E-state index is 12.6. The smallest absolute Gasteiger partial charge is 0.255 e. The van der Waals surface area contributed by atoms with Gasteiger partial charge in [0.2, 0.25) is 0 Å². The molecule has 0 atom stereocenters. The summed E-state index contributed by atoms with van der Waals surface area (Å²) in [5.74, 6) is 2.01. The number of aromatic nitrogens is 2. The molecule has 2 heterocycles. The van der Waals surface area contributed by atoms with Crippen LogP contribution >= 0.6 is 0 Å². The van der Waals surface area contributed by atoms with E-state index in [1.807, 2.05) is 25.2 Å². The van der Waals surface area contributed by atoms with Gasteiger partial charge in [0.25, 0.3) is 5.91 Å². The predicted octanol–water partition coefficient (Wildman–Crippen LogP) is 2.78. The standard InChI is InChI=1S/C19H23N3O3/c1-22-12-15(19(23)20-11-13-4-2-5-13)18(21-22)14-6-7-16-17(10-14)25-9-3-8-24-16/h6-7,10,12-13H,2-5,8-9,11H2,1H3,(H,20,23). The number of amides is 1. The molecule has 6 heteroatoms. The Balaban J connectivity index is 1.59. The molecule has 0 spiro atoms. The van der Waals surface area contributed by atoms with E-state index >= 15 is 0 Å². The van der Waals surface area contributed by atoms with Crippen LogP contribution in [0.1, 0.15) is 36.0 Å². The summed E-state index contributed by atoms with van der Waals surface area (Å²) in [5.41, 5.74) is 2.12. The molecule has 0 bridgehead atoms. The van der Waals surface area contributed by atoms with Crippen LogP contribution in [0.25, 0.3) is 11.3 Å². The lowest BCUT2D eigenvalue weighted by atomic mass is 9.85. The number of carbonyl (C=O) groups excluding carboxylic acids is 1. The van der Waals surface area contributed by atoms with Crippen LogP contribution in [0.15, 0.2) is 24.4 Å². The van der Waals surface area contributed by atoms with Gasteiger partial charge in [0.1, 0.15) is 5.69 Å². The third-order valence-electron chi connectivity index (χ3n) is 4.87. The molecule has 1 aromatic carbocycles. The van der Waals surface area contributed by atoms with Gasteiger partial charge >= 0.3 is 0 Å². The normalized spacial score (nSPS) is 16.8. The van der Waals surface area contributed by atoms with E-state index in [0.717, 1.165) is 24.3 Å². The molecule has 1 aliphatic carbocycles. The second-order valence-electron chi connectivity index (χ2n) is 6.78. The first kappa shape index (κ1) is 16.0. The van der Waals surface area contributed by atoms with Gasteiger partial charge in [0.05, 0.1) is 18.8 Å². The number of ether oxygens (including phenoxy) is 2. The van der Waals surface area contributed by atoms with Crippen LogP contribution in [-0.2, 0) is 7.05 Å². The van der Waals surface area contributed by atoms with Crippen LogP contribution < -0.4 is 14.8 Å². The zero-order valence-electron chi connectivity index (χ0n) is 14.5. The first-order valence-corrected chi connectivity index (χ1v) is 8.92. The summed E-state index contributed by atoms with van der Waals surface area (Å²) in [5, 5.41) is 7.54. The third-order valence-corrected chi connectivity index (χ3v) is 4.87. The molecule has 1 saturated carbocycles. The summed E-state index contributed by atoms with van der Waals surface area (Å²) in [4.78, 5) is 12.6. The molecule has 1 aromatic heterocycles. The van der Waals surface area contributed by atoms with Crippen LogP contribution in [-0.4, -0.2) is 35.4 Å². The minimum absolute atomic E-state index is 0.0675. The first-order chi connectivity index (χ1) is 12.2. The molecule has 2 aliphatic rings. The molecule has 2 aromatic rings. The molecule has 1 amide bonds. The Labute approximate surface area is 147 Å². The summed E-state index contributed by atoms with van der Waals surface area (Å²) in [7, 11) is 1.83. The lowest BCUT2D eigenvalue weighted by Crippen LogP contribution is -2.32. The fraction of sp³-hybridized carbons (Fsp3) is 0.474. The van der Waals surface area contributed by atoms with Crippen LogP contribution in [0.3, 0.4) is 0 Å². The van der Waals surface area contributed by atoms with E-state index in [1.54, 1.807) is 10.9 Å². The Hall–Kier alpha value is -2.50. The van der Waals surface area contributed by atoms with Crippen molar-refractivity contribution in [2.24, 2.45) is 13.0 Å². The topological polar surface area (TPSA) is 65.4 Å². The molecule has 0 saturated heterocycles. The van der Waals surface area contributed by atoms with Gasteiger partial charge in [0, 0.05) is 31.8 Å². The van der Waals surface area contributed by atoms with Gasteiger partial charge in [-0.25, -0.2) is 0 Å². The second-order valence-corrected chi connectivity index (χ2v) is 6.78. The summed E-state index contributed by atoms with van der Waals surface area (Å²) in [6.45, 7) is 2.03. The molecule has 4 rings (SSSR count). The maximum atomic E-state index is 12.6. The Kier molecular flexibility index (Phi) is 4.34. The minimum atomic E-state index is -0.0675. The first-order valence-electron chi connectivity index (χ1n) is 8.92. The molecule has 6 nitrogen and oxygen atoms in total. The molecular formula is C19H23N3O3. The molecule has 132 valence electrons. The van der Waals surface area contributed by atoms with Crippen LogP contribution in [0.4, 0.5) is 0 Å². The Morgan fingerprint density at radius 1 is 1.24 bits per heavy atom. The molecular weight excluding hydrogens is 318 g/mol. The highest BCUT2D eigenvalue weighted by molar-refractivity contribution is 5.99. The van der Waals surface area contributed by atoms with E-state index in [4.69, 9.17) is 9.47 Å². The predicted molar refractivity (Wildman–Crippen MR) is 93.9 cm³/mol. The van der Waals surface area contributed by atoms with Crippen LogP contribution in [0.5, 0.6) is 11.5 Å². The van der Waals surface area contributed by atoms with Crippen molar-refractivity contribution >= 4 is 5.91 Å². The van der Waals surface area contributed by atoms with Gasteiger partial charge in [-0.05, 0) is 37.0 Å². The van der Waals surface area contributed by atoms with Crippen molar-refractivity contribution in [2.45, 2.75) is 25.7 Å². The summed E-state index contributed by atoms with van der Waals surface area (Å²) in [6.07, 6.45) is 6.33. The van der Waals surface area contributed by atoms with E-state index in [9.17, 15) is 4.79 Å². The number of hydrogen-bond donors (Lipinski definition) is 1. The SMILES string of the molecule is Cn1cc(C(=O)NCC2CCC2)c(-c2ccc3c(c2)OCCCO3)n1. The van der Waals surface area contributed by atoms with Gasteiger partial charge in [0.15, 0.2) is 11.5 Å². The zero-order chi connectivity index (χ0) is 17.2. The highest BCUT2D eigenvalue weighted by Crippen LogP contribution is 2.34. The molecule has 25 heavy (non-hydrogen) atoms. The number of rotatable bonds is 4. The second kappa shape index (κ2) is 6.78. The van der Waals surface area contributed by atoms with Crippen molar-refractivity contribution in [1.82, 2.24) is 15.1 Å². The molecule has 0 radical (unpaired) electrons.